The first-order valence-electron chi connectivity index (χ1n) is 5.86. The molecule has 2 nitrogen and oxygen atoms in total. The lowest BCUT2D eigenvalue weighted by molar-refractivity contribution is 0.00998. The highest BCUT2D eigenvalue weighted by Gasteiger charge is 2.45. The Morgan fingerprint density at radius 3 is 2.64 bits per heavy atom. The first-order chi connectivity index (χ1) is 6.65. The van der Waals surface area contributed by atoms with E-state index in [2.05, 4.69) is 6.92 Å². The minimum Gasteiger partial charge on any atom is -0.393 e. The van der Waals surface area contributed by atoms with E-state index in [-0.39, 0.29) is 6.10 Å². The second-order valence-corrected chi connectivity index (χ2v) is 5.36. The molecule has 2 aliphatic rings. The zero-order chi connectivity index (χ0) is 10.2. The second-order valence-electron chi connectivity index (χ2n) is 5.36. The van der Waals surface area contributed by atoms with Crippen molar-refractivity contribution in [3.05, 3.63) is 0 Å². The van der Waals surface area contributed by atoms with Gasteiger partial charge in [-0.15, -0.1) is 0 Å². The predicted molar refractivity (Wildman–Crippen MR) is 56.1 cm³/mol. The van der Waals surface area contributed by atoms with Crippen molar-refractivity contribution in [3.63, 3.8) is 0 Å². The lowest BCUT2D eigenvalue weighted by Crippen LogP contribution is -2.32. The molecule has 0 saturated heterocycles. The van der Waals surface area contributed by atoms with Crippen molar-refractivity contribution >= 4 is 0 Å². The number of ether oxygens (including phenoxy) is 1. The molecule has 0 aromatic carbocycles. The monoisotopic (exact) mass is 198 g/mol. The molecule has 2 heteroatoms. The predicted octanol–water partition coefficient (Wildman–Crippen LogP) is 2.35. The number of hydrogen-bond donors (Lipinski definition) is 1. The quantitative estimate of drug-likeness (QED) is 0.738. The topological polar surface area (TPSA) is 29.5 Å². The minimum absolute atomic E-state index is 0.0573. The summed E-state index contributed by atoms with van der Waals surface area (Å²) >= 11 is 0. The fourth-order valence-electron chi connectivity index (χ4n) is 3.58. The number of aliphatic hydroxyl groups excluding tert-OH is 1. The lowest BCUT2D eigenvalue weighted by atomic mass is 9.73. The van der Waals surface area contributed by atoms with Crippen LogP contribution in [0.25, 0.3) is 0 Å². The molecule has 0 amide bonds. The molecule has 0 aliphatic heterocycles. The van der Waals surface area contributed by atoms with Gasteiger partial charge in [0.25, 0.3) is 0 Å². The Bertz CT molecular complexity index is 204. The summed E-state index contributed by atoms with van der Waals surface area (Å²) in [5.41, 5.74) is 0.344. The summed E-state index contributed by atoms with van der Waals surface area (Å²) in [6.45, 7) is 2.34. The summed E-state index contributed by atoms with van der Waals surface area (Å²) in [6, 6.07) is 0. The maximum absolute atomic E-state index is 9.64. The van der Waals surface area contributed by atoms with E-state index in [1.807, 2.05) is 7.11 Å². The van der Waals surface area contributed by atoms with Gasteiger partial charge in [0, 0.05) is 7.11 Å². The number of rotatable bonds is 2. The van der Waals surface area contributed by atoms with Gasteiger partial charge in [-0.3, -0.25) is 0 Å². The molecule has 0 spiro atoms. The molecular formula is C12H22O2. The average molecular weight is 198 g/mol. The van der Waals surface area contributed by atoms with E-state index in [1.54, 1.807) is 0 Å². The summed E-state index contributed by atoms with van der Waals surface area (Å²) < 4.78 is 5.55. The standard InChI is InChI=1S/C12H22O2/c1-12(7-6-9(13)8-12)10-4-3-5-11(10)14-2/h9-11,13H,3-8H2,1-2H3. The summed E-state index contributed by atoms with van der Waals surface area (Å²) in [7, 11) is 1.83. The molecule has 2 rings (SSSR count). The van der Waals surface area contributed by atoms with Gasteiger partial charge >= 0.3 is 0 Å². The maximum atomic E-state index is 9.64. The summed E-state index contributed by atoms with van der Waals surface area (Å²) in [5.74, 6) is 0.685. The molecule has 14 heavy (non-hydrogen) atoms. The van der Waals surface area contributed by atoms with Crippen molar-refractivity contribution in [2.75, 3.05) is 7.11 Å². The van der Waals surface area contributed by atoms with Gasteiger partial charge in [0.05, 0.1) is 12.2 Å². The van der Waals surface area contributed by atoms with Gasteiger partial charge in [0.2, 0.25) is 0 Å². The molecule has 2 aliphatic carbocycles. The SMILES string of the molecule is COC1CCCC1C1(C)CCC(O)C1. The summed E-state index contributed by atoms with van der Waals surface area (Å²) in [6.07, 6.45) is 7.35. The van der Waals surface area contributed by atoms with Crippen LogP contribution in [-0.2, 0) is 4.74 Å². The number of hydrogen-bond acceptors (Lipinski definition) is 2. The molecule has 0 heterocycles. The van der Waals surface area contributed by atoms with Gasteiger partial charge < -0.3 is 9.84 Å². The van der Waals surface area contributed by atoms with Gasteiger partial charge in [-0.1, -0.05) is 13.3 Å². The van der Waals surface area contributed by atoms with Gasteiger partial charge in [-0.05, 0) is 43.4 Å². The first-order valence-corrected chi connectivity index (χ1v) is 5.86. The largest absolute Gasteiger partial charge is 0.393 e. The van der Waals surface area contributed by atoms with Crippen LogP contribution < -0.4 is 0 Å². The van der Waals surface area contributed by atoms with E-state index in [9.17, 15) is 5.11 Å². The van der Waals surface area contributed by atoms with Crippen molar-refractivity contribution in [2.45, 2.75) is 57.7 Å². The van der Waals surface area contributed by atoms with Crippen LogP contribution in [0.3, 0.4) is 0 Å². The Morgan fingerprint density at radius 1 is 1.29 bits per heavy atom. The molecule has 4 atom stereocenters. The normalized spacial score (nSPS) is 48.6. The molecule has 1 N–H and O–H groups in total. The fraction of sp³-hybridized carbons (Fsp3) is 1.00. The maximum Gasteiger partial charge on any atom is 0.0604 e. The van der Waals surface area contributed by atoms with Crippen LogP contribution in [0.1, 0.15) is 45.4 Å². The Balaban J connectivity index is 2.06. The Labute approximate surface area is 86.6 Å². The third kappa shape index (κ3) is 1.70. The first kappa shape index (κ1) is 10.4. The molecule has 4 unspecified atom stereocenters. The molecule has 0 bridgehead atoms. The summed E-state index contributed by atoms with van der Waals surface area (Å²) in [4.78, 5) is 0. The highest BCUT2D eigenvalue weighted by atomic mass is 16.5. The van der Waals surface area contributed by atoms with Crippen molar-refractivity contribution < 1.29 is 9.84 Å². The van der Waals surface area contributed by atoms with Crippen LogP contribution >= 0.6 is 0 Å². The smallest absolute Gasteiger partial charge is 0.0604 e. The van der Waals surface area contributed by atoms with Crippen molar-refractivity contribution in [3.8, 4) is 0 Å². The Hall–Kier alpha value is -0.0800. The number of methoxy groups -OCH3 is 1. The van der Waals surface area contributed by atoms with Crippen LogP contribution in [0, 0.1) is 11.3 Å². The zero-order valence-corrected chi connectivity index (χ0v) is 9.33. The van der Waals surface area contributed by atoms with Crippen molar-refractivity contribution in [2.24, 2.45) is 11.3 Å². The van der Waals surface area contributed by atoms with E-state index in [0.29, 0.717) is 17.4 Å². The fourth-order valence-corrected chi connectivity index (χ4v) is 3.58. The van der Waals surface area contributed by atoms with Gasteiger partial charge in [-0.25, -0.2) is 0 Å². The average Bonchev–Trinajstić information content (AvgIpc) is 2.73. The van der Waals surface area contributed by atoms with E-state index in [1.165, 1.54) is 25.7 Å². The third-order valence-electron chi connectivity index (χ3n) is 4.40. The molecular weight excluding hydrogens is 176 g/mol. The van der Waals surface area contributed by atoms with E-state index < -0.39 is 0 Å². The van der Waals surface area contributed by atoms with Gasteiger partial charge in [0.1, 0.15) is 0 Å². The van der Waals surface area contributed by atoms with Crippen LogP contribution in [0.15, 0.2) is 0 Å². The van der Waals surface area contributed by atoms with Gasteiger partial charge in [0.15, 0.2) is 0 Å². The lowest BCUT2D eigenvalue weighted by Gasteiger charge is -2.35. The molecule has 0 aromatic heterocycles. The number of aliphatic hydroxyl groups is 1. The van der Waals surface area contributed by atoms with Gasteiger partial charge in [-0.2, -0.15) is 0 Å². The third-order valence-corrected chi connectivity index (χ3v) is 4.40. The van der Waals surface area contributed by atoms with Crippen molar-refractivity contribution in [1.82, 2.24) is 0 Å². The zero-order valence-electron chi connectivity index (χ0n) is 9.33. The van der Waals surface area contributed by atoms with Crippen LogP contribution in [0.5, 0.6) is 0 Å². The molecule has 0 radical (unpaired) electrons. The van der Waals surface area contributed by atoms with Crippen molar-refractivity contribution in [1.29, 1.82) is 0 Å². The Morgan fingerprint density at radius 2 is 2.07 bits per heavy atom. The minimum atomic E-state index is -0.0573. The van der Waals surface area contributed by atoms with Crippen LogP contribution in [0.2, 0.25) is 0 Å². The van der Waals surface area contributed by atoms with E-state index >= 15 is 0 Å². The highest BCUT2D eigenvalue weighted by molar-refractivity contribution is 4.96. The van der Waals surface area contributed by atoms with Crippen LogP contribution in [-0.4, -0.2) is 24.4 Å². The van der Waals surface area contributed by atoms with E-state index in [0.717, 1.165) is 12.8 Å². The molecule has 0 aromatic rings. The summed E-state index contributed by atoms with van der Waals surface area (Å²) in [5, 5.41) is 9.64. The second kappa shape index (κ2) is 3.82. The Kier molecular flexibility index (Phi) is 2.85. The van der Waals surface area contributed by atoms with E-state index in [4.69, 9.17) is 4.74 Å². The molecule has 2 saturated carbocycles. The molecule has 2 fully saturated rings. The van der Waals surface area contributed by atoms with Crippen LogP contribution in [0.4, 0.5) is 0 Å². The molecule has 82 valence electrons. The highest BCUT2D eigenvalue weighted by Crippen LogP contribution is 2.50.